The van der Waals surface area contributed by atoms with Crippen LogP contribution in [0.2, 0.25) is 0 Å². The number of ether oxygens (including phenoxy) is 1. The van der Waals surface area contributed by atoms with Crippen LogP contribution in [0.3, 0.4) is 0 Å². The van der Waals surface area contributed by atoms with Crippen LogP contribution in [0.25, 0.3) is 0 Å². The second-order valence-electron chi connectivity index (χ2n) is 4.35. The van der Waals surface area contributed by atoms with E-state index in [9.17, 15) is 4.21 Å². The lowest BCUT2D eigenvalue weighted by atomic mass is 10.3. The highest BCUT2D eigenvalue weighted by molar-refractivity contribution is 8.07. The van der Waals surface area contributed by atoms with Gasteiger partial charge in [0, 0.05) is 21.7 Å². The summed E-state index contributed by atoms with van der Waals surface area (Å²) in [6.07, 6.45) is 0. The van der Waals surface area contributed by atoms with Gasteiger partial charge in [0.1, 0.15) is 11.5 Å². The molecule has 2 aromatic rings. The standard InChI is InChI=1S/C15H14O2S2/c16-19(11-14-10-18-14)15-8-6-13(7-9-15)17-12-4-2-1-3-5-12/h1-9,14H,10-11H2. The minimum Gasteiger partial charge on any atom is -0.457 e. The highest BCUT2D eigenvalue weighted by atomic mass is 32.2. The molecule has 0 radical (unpaired) electrons. The third-order valence-electron chi connectivity index (χ3n) is 2.81. The van der Waals surface area contributed by atoms with Crippen molar-refractivity contribution in [2.45, 2.75) is 10.1 Å². The van der Waals surface area contributed by atoms with Crippen molar-refractivity contribution in [3.05, 3.63) is 54.6 Å². The van der Waals surface area contributed by atoms with Crippen LogP contribution in [0.1, 0.15) is 0 Å². The second kappa shape index (κ2) is 5.80. The Morgan fingerprint density at radius 3 is 2.32 bits per heavy atom. The highest BCUT2D eigenvalue weighted by Crippen LogP contribution is 2.32. The lowest BCUT2D eigenvalue weighted by molar-refractivity contribution is 0.482. The molecule has 2 nitrogen and oxygen atoms in total. The molecule has 0 aliphatic carbocycles. The van der Waals surface area contributed by atoms with Crippen molar-refractivity contribution in [3.8, 4) is 11.5 Å². The molecule has 1 aliphatic rings. The van der Waals surface area contributed by atoms with Gasteiger partial charge in [-0.2, -0.15) is 11.8 Å². The third-order valence-corrected chi connectivity index (χ3v) is 5.49. The number of para-hydroxylation sites is 1. The number of benzene rings is 2. The molecule has 0 saturated carbocycles. The lowest BCUT2D eigenvalue weighted by Crippen LogP contribution is -2.02. The predicted octanol–water partition coefficient (Wildman–Crippen LogP) is 3.70. The summed E-state index contributed by atoms with van der Waals surface area (Å²) in [5, 5.41) is 0.598. The average molecular weight is 290 g/mol. The van der Waals surface area contributed by atoms with Gasteiger partial charge in [0.25, 0.3) is 0 Å². The van der Waals surface area contributed by atoms with Crippen LogP contribution in [0.4, 0.5) is 0 Å². The first kappa shape index (κ1) is 12.8. The van der Waals surface area contributed by atoms with Gasteiger partial charge < -0.3 is 4.74 Å². The second-order valence-corrected chi connectivity index (χ2v) is 7.18. The van der Waals surface area contributed by atoms with Crippen molar-refractivity contribution >= 4 is 22.6 Å². The molecule has 2 atom stereocenters. The molecule has 98 valence electrons. The molecule has 3 rings (SSSR count). The fraction of sp³-hybridized carbons (Fsp3) is 0.200. The van der Waals surface area contributed by atoms with Crippen molar-refractivity contribution in [3.63, 3.8) is 0 Å². The third kappa shape index (κ3) is 3.61. The molecular formula is C15H14O2S2. The summed E-state index contributed by atoms with van der Waals surface area (Å²) >= 11 is 1.88. The van der Waals surface area contributed by atoms with Crippen molar-refractivity contribution in [2.24, 2.45) is 0 Å². The molecule has 19 heavy (non-hydrogen) atoms. The predicted molar refractivity (Wildman–Crippen MR) is 80.5 cm³/mol. The summed E-state index contributed by atoms with van der Waals surface area (Å²) in [6, 6.07) is 17.2. The van der Waals surface area contributed by atoms with Gasteiger partial charge in [-0.15, -0.1) is 0 Å². The first-order valence-corrected chi connectivity index (χ1v) is 8.51. The fourth-order valence-electron chi connectivity index (χ4n) is 1.71. The van der Waals surface area contributed by atoms with E-state index in [1.54, 1.807) is 0 Å². The number of hydrogen-bond acceptors (Lipinski definition) is 3. The van der Waals surface area contributed by atoms with Crippen molar-refractivity contribution in [2.75, 3.05) is 11.5 Å². The Bertz CT molecular complexity index is 562. The van der Waals surface area contributed by atoms with Crippen LogP contribution >= 0.6 is 11.8 Å². The highest BCUT2D eigenvalue weighted by Gasteiger charge is 2.25. The van der Waals surface area contributed by atoms with E-state index in [1.165, 1.54) is 0 Å². The number of rotatable bonds is 5. The van der Waals surface area contributed by atoms with Gasteiger partial charge >= 0.3 is 0 Å². The smallest absolute Gasteiger partial charge is 0.127 e. The molecule has 1 aliphatic heterocycles. The van der Waals surface area contributed by atoms with Crippen molar-refractivity contribution in [1.29, 1.82) is 0 Å². The first-order valence-electron chi connectivity index (χ1n) is 6.14. The van der Waals surface area contributed by atoms with Crippen molar-refractivity contribution < 1.29 is 8.95 Å². The molecule has 0 spiro atoms. The minimum atomic E-state index is -0.882. The van der Waals surface area contributed by atoms with Crippen LogP contribution in [0.15, 0.2) is 59.5 Å². The van der Waals surface area contributed by atoms with E-state index in [0.29, 0.717) is 5.25 Å². The van der Waals surface area contributed by atoms with E-state index in [1.807, 2.05) is 66.4 Å². The number of thioether (sulfide) groups is 1. The Morgan fingerprint density at radius 1 is 1.05 bits per heavy atom. The van der Waals surface area contributed by atoms with Gasteiger partial charge in [0.2, 0.25) is 0 Å². The molecule has 0 aromatic heterocycles. The van der Waals surface area contributed by atoms with Gasteiger partial charge in [-0.05, 0) is 36.4 Å². The van der Waals surface area contributed by atoms with Gasteiger partial charge in [-0.25, -0.2) is 0 Å². The Kier molecular flexibility index (Phi) is 3.89. The number of hydrogen-bond donors (Lipinski definition) is 0. The summed E-state index contributed by atoms with van der Waals surface area (Å²) in [5.74, 6) is 3.50. The quantitative estimate of drug-likeness (QED) is 0.785. The maximum atomic E-state index is 12.0. The van der Waals surface area contributed by atoms with E-state index in [2.05, 4.69) is 0 Å². The largest absolute Gasteiger partial charge is 0.457 e. The van der Waals surface area contributed by atoms with Crippen molar-refractivity contribution in [1.82, 2.24) is 0 Å². The zero-order valence-electron chi connectivity index (χ0n) is 10.3. The lowest BCUT2D eigenvalue weighted by Gasteiger charge is -2.06. The molecule has 2 unspecified atom stereocenters. The normalized spacial score (nSPS) is 18.8. The van der Waals surface area contributed by atoms with E-state index >= 15 is 0 Å². The maximum absolute atomic E-state index is 12.0. The van der Waals surface area contributed by atoms with E-state index in [4.69, 9.17) is 4.74 Å². The summed E-state index contributed by atoms with van der Waals surface area (Å²) in [7, 11) is -0.882. The summed E-state index contributed by atoms with van der Waals surface area (Å²) in [5.41, 5.74) is 0. The van der Waals surface area contributed by atoms with Gasteiger partial charge in [0.15, 0.2) is 0 Å². The van der Waals surface area contributed by atoms with E-state index < -0.39 is 10.8 Å². The first-order chi connectivity index (χ1) is 9.31. The molecule has 1 saturated heterocycles. The van der Waals surface area contributed by atoms with Crippen LogP contribution in [-0.4, -0.2) is 21.0 Å². The zero-order valence-corrected chi connectivity index (χ0v) is 12.0. The van der Waals surface area contributed by atoms with Gasteiger partial charge in [0.05, 0.1) is 10.8 Å². The van der Waals surface area contributed by atoms with Crippen LogP contribution in [-0.2, 0) is 10.8 Å². The molecule has 1 fully saturated rings. The molecular weight excluding hydrogens is 276 g/mol. The summed E-state index contributed by atoms with van der Waals surface area (Å²) in [4.78, 5) is 0.882. The SMILES string of the molecule is O=S(CC1CS1)c1ccc(Oc2ccccc2)cc1. The summed E-state index contributed by atoms with van der Waals surface area (Å²) < 4.78 is 17.7. The maximum Gasteiger partial charge on any atom is 0.127 e. The Morgan fingerprint density at radius 2 is 1.68 bits per heavy atom. The van der Waals surface area contributed by atoms with Crippen LogP contribution in [0, 0.1) is 0 Å². The Balaban J connectivity index is 1.66. The molecule has 4 heteroatoms. The van der Waals surface area contributed by atoms with Gasteiger partial charge in [-0.3, -0.25) is 4.21 Å². The molecule has 2 aromatic carbocycles. The minimum absolute atomic E-state index is 0.598. The molecule has 0 N–H and O–H groups in total. The molecule has 1 heterocycles. The molecule has 0 bridgehead atoms. The van der Waals surface area contributed by atoms with E-state index in [-0.39, 0.29) is 0 Å². The zero-order chi connectivity index (χ0) is 13.1. The summed E-state index contributed by atoms with van der Waals surface area (Å²) in [6.45, 7) is 0. The topological polar surface area (TPSA) is 26.3 Å². The van der Waals surface area contributed by atoms with Gasteiger partial charge in [-0.1, -0.05) is 18.2 Å². The monoisotopic (exact) mass is 290 g/mol. The van der Waals surface area contributed by atoms with E-state index in [0.717, 1.165) is 27.9 Å². The average Bonchev–Trinajstić information content (AvgIpc) is 3.25. The van der Waals surface area contributed by atoms with Crippen LogP contribution in [0.5, 0.6) is 11.5 Å². The fourth-order valence-corrected chi connectivity index (χ4v) is 3.96. The Hall–Kier alpha value is -1.26. The van der Waals surface area contributed by atoms with Crippen LogP contribution < -0.4 is 4.74 Å². The molecule has 0 amide bonds. The Labute approximate surface area is 119 Å².